The summed E-state index contributed by atoms with van der Waals surface area (Å²) in [4.78, 5) is 25.1. The molecule has 2 amide bonds. The summed E-state index contributed by atoms with van der Waals surface area (Å²) in [5, 5.41) is 11.3. The van der Waals surface area contributed by atoms with E-state index < -0.39 is 18.3 Å². The van der Waals surface area contributed by atoms with Gasteiger partial charge in [0.05, 0.1) is 0 Å². The second kappa shape index (κ2) is 11.2. The van der Waals surface area contributed by atoms with Crippen LogP contribution >= 0.6 is 11.8 Å². The van der Waals surface area contributed by atoms with Gasteiger partial charge in [-0.2, -0.15) is 0 Å². The number of thioether (sulfide) groups is 1. The zero-order valence-corrected chi connectivity index (χ0v) is 18.1. The van der Waals surface area contributed by atoms with Gasteiger partial charge >= 0.3 is 12.2 Å². The summed E-state index contributed by atoms with van der Waals surface area (Å²) in [7, 11) is 3.21. The van der Waals surface area contributed by atoms with Gasteiger partial charge in [0.1, 0.15) is 17.6 Å². The molecule has 1 atom stereocenters. The summed E-state index contributed by atoms with van der Waals surface area (Å²) >= 11 is 1.64. The van der Waals surface area contributed by atoms with Gasteiger partial charge in [-0.15, -0.1) is 11.8 Å². The predicted molar refractivity (Wildman–Crippen MR) is 118 cm³/mol. The molecule has 0 saturated heterocycles. The molecule has 0 bridgehead atoms. The molecule has 2 N–H and O–H groups in total. The highest BCUT2D eigenvalue weighted by Gasteiger charge is 2.18. The van der Waals surface area contributed by atoms with Gasteiger partial charge in [-0.1, -0.05) is 18.7 Å². The first-order valence-corrected chi connectivity index (χ1v) is 10.5. The molecule has 0 fully saturated rings. The van der Waals surface area contributed by atoms with E-state index in [1.165, 1.54) is 4.90 Å². The van der Waals surface area contributed by atoms with Gasteiger partial charge < -0.3 is 24.8 Å². The Morgan fingerprint density at radius 1 is 1.20 bits per heavy atom. The predicted octanol–water partition coefficient (Wildman–Crippen LogP) is 4.89. The molecule has 0 heterocycles. The fourth-order valence-corrected chi connectivity index (χ4v) is 3.09. The minimum atomic E-state index is -1.09. The molecule has 0 aliphatic rings. The minimum absolute atomic E-state index is 0.219. The fraction of sp³-hybridized carbons (Fsp3) is 0.273. The van der Waals surface area contributed by atoms with Crippen molar-refractivity contribution in [3.05, 3.63) is 60.2 Å². The number of nitrogens with zero attached hydrogens (tertiary/aromatic N) is 1. The molecule has 0 spiro atoms. The van der Waals surface area contributed by atoms with Crippen LogP contribution in [0.5, 0.6) is 11.5 Å². The minimum Gasteiger partial charge on any atom is -0.486 e. The molecule has 30 heavy (non-hydrogen) atoms. The summed E-state index contributed by atoms with van der Waals surface area (Å²) in [6, 6.07) is 12.9. The first-order chi connectivity index (χ1) is 14.3. The van der Waals surface area contributed by atoms with E-state index in [9.17, 15) is 9.59 Å². The lowest BCUT2D eigenvalue weighted by molar-refractivity contribution is 0.171. The Morgan fingerprint density at radius 2 is 1.87 bits per heavy atom. The lowest BCUT2D eigenvalue weighted by Crippen LogP contribution is -2.25. The molecule has 7 nitrogen and oxygen atoms in total. The maximum Gasteiger partial charge on any atom is 0.414 e. The monoisotopic (exact) mass is 430 g/mol. The average molecular weight is 431 g/mol. The topological polar surface area (TPSA) is 88.1 Å². The van der Waals surface area contributed by atoms with Crippen molar-refractivity contribution in [2.45, 2.75) is 17.4 Å². The molecule has 2 rings (SSSR count). The smallest absolute Gasteiger partial charge is 0.414 e. The van der Waals surface area contributed by atoms with Crippen molar-refractivity contribution in [2.24, 2.45) is 0 Å². The lowest BCUT2D eigenvalue weighted by Gasteiger charge is -2.22. The van der Waals surface area contributed by atoms with Crippen molar-refractivity contribution in [1.29, 1.82) is 0 Å². The molecule has 8 heteroatoms. The van der Waals surface area contributed by atoms with Crippen molar-refractivity contribution in [2.75, 3.05) is 26.9 Å². The summed E-state index contributed by atoms with van der Waals surface area (Å²) < 4.78 is 11.5. The Hall–Kier alpha value is -3.13. The highest BCUT2D eigenvalue weighted by atomic mass is 32.2. The average Bonchev–Trinajstić information content (AvgIpc) is 2.73. The van der Waals surface area contributed by atoms with Crippen LogP contribution < -0.4 is 14.8 Å². The Balaban J connectivity index is 2.29. The van der Waals surface area contributed by atoms with Crippen molar-refractivity contribution in [1.82, 2.24) is 10.2 Å². The molecule has 1 unspecified atom stereocenters. The Kier molecular flexibility index (Phi) is 8.61. The molecule has 160 valence electrons. The quantitative estimate of drug-likeness (QED) is 0.551. The molecule has 0 saturated carbocycles. The Labute approximate surface area is 180 Å². The summed E-state index contributed by atoms with van der Waals surface area (Å²) in [6.45, 7) is 4.07. The number of carbonyl (C=O) groups excluding carboxylic acids is 1. The number of hydrogen-bond acceptors (Lipinski definition) is 5. The number of amides is 2. The molecular weight excluding hydrogens is 404 g/mol. The van der Waals surface area contributed by atoms with Crippen LogP contribution in [-0.4, -0.2) is 49.1 Å². The maximum absolute atomic E-state index is 11.8. The number of carboxylic acid groups (broad SMARTS) is 1. The third-order valence-corrected chi connectivity index (χ3v) is 4.96. The van der Waals surface area contributed by atoms with Gasteiger partial charge in [-0.25, -0.2) is 9.59 Å². The van der Waals surface area contributed by atoms with E-state index in [1.54, 1.807) is 50.1 Å². The van der Waals surface area contributed by atoms with Crippen molar-refractivity contribution < 1.29 is 24.2 Å². The van der Waals surface area contributed by atoms with E-state index in [1.807, 2.05) is 30.5 Å². The zero-order valence-electron chi connectivity index (χ0n) is 17.3. The van der Waals surface area contributed by atoms with Gasteiger partial charge in [0.15, 0.2) is 0 Å². The van der Waals surface area contributed by atoms with Crippen LogP contribution in [0.25, 0.3) is 6.08 Å². The van der Waals surface area contributed by atoms with E-state index in [0.717, 1.165) is 16.0 Å². The van der Waals surface area contributed by atoms with Gasteiger partial charge in [0.25, 0.3) is 0 Å². The Morgan fingerprint density at radius 3 is 2.43 bits per heavy atom. The van der Waals surface area contributed by atoms with Crippen LogP contribution in [0.3, 0.4) is 0 Å². The van der Waals surface area contributed by atoms with Crippen molar-refractivity contribution >= 4 is 30.0 Å². The molecular formula is C22H26N2O5S. The number of rotatable bonds is 9. The van der Waals surface area contributed by atoms with Crippen LogP contribution in [0, 0.1) is 0 Å². The second-order valence-corrected chi connectivity index (χ2v) is 7.44. The van der Waals surface area contributed by atoms with Crippen LogP contribution in [0.15, 0.2) is 53.9 Å². The lowest BCUT2D eigenvalue weighted by atomic mass is 9.99. The molecule has 0 aromatic heterocycles. The number of ether oxygens (including phenoxy) is 2. The number of nitrogens with one attached hydrogen (secondary N) is 1. The van der Waals surface area contributed by atoms with Crippen LogP contribution in [-0.2, 0) is 0 Å². The van der Waals surface area contributed by atoms with E-state index in [4.69, 9.17) is 14.6 Å². The molecule has 0 radical (unpaired) electrons. The van der Waals surface area contributed by atoms with Gasteiger partial charge in [-0.05, 0) is 53.8 Å². The summed E-state index contributed by atoms with van der Waals surface area (Å²) in [5.74, 6) is 1.06. The first kappa shape index (κ1) is 23.2. The third kappa shape index (κ3) is 6.73. The van der Waals surface area contributed by atoms with Crippen LogP contribution in [0.2, 0.25) is 0 Å². The SMILES string of the molecule is C=Cc1cc(OC(=O)N(C)C)ccc1C(CCNC(=O)O)Oc1ccc(SC)cc1. The number of carbonyl (C=O) groups is 2. The van der Waals surface area contributed by atoms with Crippen molar-refractivity contribution in [3.63, 3.8) is 0 Å². The largest absolute Gasteiger partial charge is 0.486 e. The summed E-state index contributed by atoms with van der Waals surface area (Å²) in [6.07, 6.45) is 2.06. The van der Waals surface area contributed by atoms with E-state index in [2.05, 4.69) is 11.9 Å². The van der Waals surface area contributed by atoms with Crippen LogP contribution in [0.1, 0.15) is 23.7 Å². The first-order valence-electron chi connectivity index (χ1n) is 9.27. The standard InChI is InChI=1S/C22H26N2O5S/c1-5-15-14-17(29-22(27)24(2)3)8-11-19(15)20(12-13-23-21(25)26)28-16-6-9-18(30-4)10-7-16/h5-11,14,20,23H,1,12-13H2,2-4H3,(H,25,26). The molecule has 2 aromatic rings. The second-order valence-electron chi connectivity index (χ2n) is 6.56. The van der Waals surface area contributed by atoms with Crippen molar-refractivity contribution in [3.8, 4) is 11.5 Å². The third-order valence-electron chi connectivity index (χ3n) is 4.22. The Bertz CT molecular complexity index is 884. The molecule has 2 aromatic carbocycles. The van der Waals surface area contributed by atoms with E-state index in [0.29, 0.717) is 17.9 Å². The van der Waals surface area contributed by atoms with Gasteiger partial charge in [-0.3, -0.25) is 0 Å². The van der Waals surface area contributed by atoms with E-state index >= 15 is 0 Å². The van der Waals surface area contributed by atoms with E-state index in [-0.39, 0.29) is 6.54 Å². The normalized spacial score (nSPS) is 11.3. The summed E-state index contributed by atoms with van der Waals surface area (Å²) in [5.41, 5.74) is 1.55. The van der Waals surface area contributed by atoms with Gasteiger partial charge in [0, 0.05) is 32.0 Å². The molecule has 0 aliphatic carbocycles. The zero-order chi connectivity index (χ0) is 22.1. The fourth-order valence-electron chi connectivity index (χ4n) is 2.69. The highest BCUT2D eigenvalue weighted by Crippen LogP contribution is 2.31. The van der Waals surface area contributed by atoms with Crippen LogP contribution in [0.4, 0.5) is 9.59 Å². The molecule has 0 aliphatic heterocycles. The van der Waals surface area contributed by atoms with Gasteiger partial charge in [0.2, 0.25) is 0 Å². The number of hydrogen-bond donors (Lipinski definition) is 2. The number of benzene rings is 2. The maximum atomic E-state index is 11.8. The highest BCUT2D eigenvalue weighted by molar-refractivity contribution is 7.98.